The van der Waals surface area contributed by atoms with E-state index < -0.39 is 0 Å². The average Bonchev–Trinajstić information content (AvgIpc) is 2.25. The SMILES string of the molecule is CC(C)(C)c1ccc2c(c1)NCCC2C(C)(C)C. The molecule has 2 rings (SSSR count). The third-order valence-electron chi connectivity index (χ3n) is 4.09. The summed E-state index contributed by atoms with van der Waals surface area (Å²) in [6, 6.07) is 7.01. The van der Waals surface area contributed by atoms with Crippen LogP contribution in [0.15, 0.2) is 18.2 Å². The molecule has 1 heterocycles. The maximum Gasteiger partial charge on any atom is 0.0378 e. The third-order valence-corrected chi connectivity index (χ3v) is 4.09. The van der Waals surface area contributed by atoms with Crippen LogP contribution >= 0.6 is 0 Å². The van der Waals surface area contributed by atoms with Crippen molar-refractivity contribution in [3.63, 3.8) is 0 Å². The van der Waals surface area contributed by atoms with Gasteiger partial charge in [0.15, 0.2) is 0 Å². The molecule has 0 saturated heterocycles. The summed E-state index contributed by atoms with van der Waals surface area (Å²) in [4.78, 5) is 0. The van der Waals surface area contributed by atoms with Gasteiger partial charge in [0.25, 0.3) is 0 Å². The van der Waals surface area contributed by atoms with Gasteiger partial charge in [0.1, 0.15) is 0 Å². The Morgan fingerprint density at radius 1 is 1.06 bits per heavy atom. The molecule has 1 nitrogen and oxygen atoms in total. The number of hydrogen-bond acceptors (Lipinski definition) is 1. The fourth-order valence-electron chi connectivity index (χ4n) is 2.89. The van der Waals surface area contributed by atoms with Gasteiger partial charge in [-0.05, 0) is 40.4 Å². The van der Waals surface area contributed by atoms with Crippen molar-refractivity contribution in [2.45, 2.75) is 59.3 Å². The van der Waals surface area contributed by atoms with Crippen molar-refractivity contribution in [3.8, 4) is 0 Å². The molecular weight excluding hydrogens is 218 g/mol. The van der Waals surface area contributed by atoms with E-state index in [1.165, 1.54) is 23.2 Å². The van der Waals surface area contributed by atoms with Crippen molar-refractivity contribution in [2.75, 3.05) is 11.9 Å². The van der Waals surface area contributed by atoms with Gasteiger partial charge in [-0.2, -0.15) is 0 Å². The molecule has 1 atom stereocenters. The second-order valence-electron chi connectivity index (χ2n) is 7.69. The van der Waals surface area contributed by atoms with E-state index >= 15 is 0 Å². The van der Waals surface area contributed by atoms with Crippen LogP contribution in [0.2, 0.25) is 0 Å². The molecule has 100 valence electrons. The van der Waals surface area contributed by atoms with Gasteiger partial charge in [-0.1, -0.05) is 53.7 Å². The zero-order valence-electron chi connectivity index (χ0n) is 12.7. The van der Waals surface area contributed by atoms with Crippen LogP contribution in [0.1, 0.15) is 65.0 Å². The van der Waals surface area contributed by atoms with Crippen molar-refractivity contribution < 1.29 is 0 Å². The highest BCUT2D eigenvalue weighted by Crippen LogP contribution is 2.44. The van der Waals surface area contributed by atoms with Crippen molar-refractivity contribution in [2.24, 2.45) is 5.41 Å². The van der Waals surface area contributed by atoms with E-state index in [-0.39, 0.29) is 5.41 Å². The number of anilines is 1. The van der Waals surface area contributed by atoms with E-state index in [1.807, 2.05) is 0 Å². The fraction of sp³-hybridized carbons (Fsp3) is 0.647. The molecule has 1 aromatic carbocycles. The van der Waals surface area contributed by atoms with Gasteiger partial charge in [-0.25, -0.2) is 0 Å². The molecule has 0 aromatic heterocycles. The van der Waals surface area contributed by atoms with E-state index in [0.717, 1.165) is 6.54 Å². The van der Waals surface area contributed by atoms with E-state index in [1.54, 1.807) is 0 Å². The molecule has 1 aromatic rings. The Kier molecular flexibility index (Phi) is 3.21. The first-order valence-corrected chi connectivity index (χ1v) is 7.08. The normalized spacial score (nSPS) is 20.2. The molecule has 1 N–H and O–H groups in total. The number of benzene rings is 1. The van der Waals surface area contributed by atoms with Gasteiger partial charge in [0.2, 0.25) is 0 Å². The lowest BCUT2D eigenvalue weighted by atomic mass is 9.72. The summed E-state index contributed by atoms with van der Waals surface area (Å²) in [7, 11) is 0. The largest absolute Gasteiger partial charge is 0.385 e. The maximum absolute atomic E-state index is 3.58. The first-order valence-electron chi connectivity index (χ1n) is 7.08. The smallest absolute Gasteiger partial charge is 0.0378 e. The van der Waals surface area contributed by atoms with Crippen LogP contribution in [-0.4, -0.2) is 6.54 Å². The minimum absolute atomic E-state index is 0.228. The first-order chi connectivity index (χ1) is 8.19. The number of fused-ring (bicyclic) bond motifs is 1. The van der Waals surface area contributed by atoms with Crippen LogP contribution < -0.4 is 5.32 Å². The van der Waals surface area contributed by atoms with Gasteiger partial charge in [-0.3, -0.25) is 0 Å². The second-order valence-corrected chi connectivity index (χ2v) is 7.69. The Balaban J connectivity index is 2.43. The molecule has 1 aliphatic heterocycles. The Morgan fingerprint density at radius 2 is 1.72 bits per heavy atom. The fourth-order valence-corrected chi connectivity index (χ4v) is 2.89. The van der Waals surface area contributed by atoms with Gasteiger partial charge in [-0.15, -0.1) is 0 Å². The predicted octanol–water partition coefficient (Wildman–Crippen LogP) is 4.93. The summed E-state index contributed by atoms with van der Waals surface area (Å²) >= 11 is 0. The highest BCUT2D eigenvalue weighted by atomic mass is 14.9. The Morgan fingerprint density at radius 3 is 2.28 bits per heavy atom. The van der Waals surface area contributed by atoms with Crippen molar-refractivity contribution >= 4 is 5.69 Å². The van der Waals surface area contributed by atoms with Crippen LogP contribution in [0, 0.1) is 5.41 Å². The van der Waals surface area contributed by atoms with E-state index in [0.29, 0.717) is 11.3 Å². The van der Waals surface area contributed by atoms with Crippen LogP contribution in [0.3, 0.4) is 0 Å². The van der Waals surface area contributed by atoms with Crippen LogP contribution in [0.25, 0.3) is 0 Å². The Labute approximate surface area is 112 Å². The Bertz CT molecular complexity index is 432. The number of hydrogen-bond donors (Lipinski definition) is 1. The molecule has 0 spiro atoms. The van der Waals surface area contributed by atoms with Gasteiger partial charge >= 0.3 is 0 Å². The van der Waals surface area contributed by atoms with Crippen LogP contribution in [-0.2, 0) is 5.41 Å². The number of rotatable bonds is 0. The molecule has 0 radical (unpaired) electrons. The molecule has 0 amide bonds. The standard InChI is InChI=1S/C17H27N/c1-16(2,3)12-7-8-13-14(17(4,5)6)9-10-18-15(13)11-12/h7-8,11,14,18H,9-10H2,1-6H3. The minimum Gasteiger partial charge on any atom is -0.385 e. The molecule has 1 heteroatoms. The third kappa shape index (κ3) is 2.55. The molecular formula is C17H27N. The second kappa shape index (κ2) is 4.29. The molecule has 1 unspecified atom stereocenters. The summed E-state index contributed by atoms with van der Waals surface area (Å²) in [5.41, 5.74) is 4.85. The van der Waals surface area contributed by atoms with E-state index in [2.05, 4.69) is 65.1 Å². The average molecular weight is 245 g/mol. The first kappa shape index (κ1) is 13.5. The van der Waals surface area contributed by atoms with Crippen LogP contribution in [0.5, 0.6) is 0 Å². The topological polar surface area (TPSA) is 12.0 Å². The molecule has 0 bridgehead atoms. The van der Waals surface area contributed by atoms with Gasteiger partial charge < -0.3 is 5.32 Å². The lowest BCUT2D eigenvalue weighted by molar-refractivity contribution is 0.305. The zero-order chi connectivity index (χ0) is 13.6. The molecule has 18 heavy (non-hydrogen) atoms. The summed E-state index contributed by atoms with van der Waals surface area (Å²) < 4.78 is 0. The van der Waals surface area contributed by atoms with Crippen LogP contribution in [0.4, 0.5) is 5.69 Å². The summed E-state index contributed by atoms with van der Waals surface area (Å²) in [6.45, 7) is 15.0. The highest BCUT2D eigenvalue weighted by molar-refractivity contribution is 5.58. The monoisotopic (exact) mass is 245 g/mol. The summed E-state index contributed by atoms with van der Waals surface area (Å²) in [6.07, 6.45) is 1.24. The molecule has 0 saturated carbocycles. The highest BCUT2D eigenvalue weighted by Gasteiger charge is 2.30. The number of nitrogens with one attached hydrogen (secondary N) is 1. The van der Waals surface area contributed by atoms with Crippen molar-refractivity contribution in [3.05, 3.63) is 29.3 Å². The molecule has 0 aliphatic carbocycles. The summed E-state index contributed by atoms with van der Waals surface area (Å²) in [5.74, 6) is 0.669. The maximum atomic E-state index is 3.58. The lowest BCUT2D eigenvalue weighted by Gasteiger charge is -2.37. The quantitative estimate of drug-likeness (QED) is 0.683. The molecule has 0 fully saturated rings. The molecule has 1 aliphatic rings. The lowest BCUT2D eigenvalue weighted by Crippen LogP contribution is -2.27. The van der Waals surface area contributed by atoms with Crippen molar-refractivity contribution in [1.82, 2.24) is 0 Å². The van der Waals surface area contributed by atoms with Crippen molar-refractivity contribution in [1.29, 1.82) is 0 Å². The van der Waals surface area contributed by atoms with Gasteiger partial charge in [0, 0.05) is 12.2 Å². The Hall–Kier alpha value is -0.980. The van der Waals surface area contributed by atoms with E-state index in [9.17, 15) is 0 Å². The predicted molar refractivity (Wildman–Crippen MR) is 80.4 cm³/mol. The minimum atomic E-state index is 0.228. The summed E-state index contributed by atoms with van der Waals surface area (Å²) in [5, 5.41) is 3.58. The van der Waals surface area contributed by atoms with E-state index in [4.69, 9.17) is 0 Å². The zero-order valence-corrected chi connectivity index (χ0v) is 12.7. The van der Waals surface area contributed by atoms with Gasteiger partial charge in [0.05, 0.1) is 0 Å².